The van der Waals surface area contributed by atoms with E-state index in [1.807, 2.05) is 13.8 Å². The zero-order valence-electron chi connectivity index (χ0n) is 18.5. The molecule has 4 rings (SSSR count). The fraction of sp³-hybridized carbons (Fsp3) is 0.172. The lowest BCUT2D eigenvalue weighted by atomic mass is 10.0. The van der Waals surface area contributed by atoms with E-state index >= 15 is 0 Å². The zero-order chi connectivity index (χ0) is 22.4. The van der Waals surface area contributed by atoms with E-state index in [4.69, 9.17) is 0 Å². The maximum Gasteiger partial charge on any atom is 0.206 e. The smallest absolute Gasteiger partial charge is 0.206 e. The maximum atomic E-state index is 12.3. The van der Waals surface area contributed by atoms with Gasteiger partial charge in [-0.05, 0) is 63.1 Å². The molecular weight excluding hydrogens is 412 g/mol. The van der Waals surface area contributed by atoms with Gasteiger partial charge in [0.1, 0.15) is 0 Å². The topological polar surface area (TPSA) is 34.1 Å². The molecule has 3 heteroatoms. The lowest BCUT2D eigenvalue weighted by Gasteiger charge is -2.05. The van der Waals surface area contributed by atoms with Gasteiger partial charge in [-0.1, -0.05) is 102 Å². The van der Waals surface area contributed by atoms with Gasteiger partial charge >= 0.3 is 0 Å². The van der Waals surface area contributed by atoms with Gasteiger partial charge < -0.3 is 0 Å². The quantitative estimate of drug-likeness (QED) is 0.324. The minimum Gasteiger partial charge on any atom is -0.219 e. The second-order valence-corrected chi connectivity index (χ2v) is 9.81. The minimum atomic E-state index is -3.37. The summed E-state index contributed by atoms with van der Waals surface area (Å²) in [6, 6.07) is 31.1. The summed E-state index contributed by atoms with van der Waals surface area (Å²) in [5.41, 5.74) is 7.29. The van der Waals surface area contributed by atoms with Gasteiger partial charge in [0, 0.05) is 0 Å². The van der Waals surface area contributed by atoms with E-state index in [2.05, 4.69) is 62.4 Å². The van der Waals surface area contributed by atoms with Crippen LogP contribution in [0.15, 0.2) is 107 Å². The van der Waals surface area contributed by atoms with Crippen LogP contribution in [0.2, 0.25) is 0 Å². The average Bonchev–Trinajstić information content (AvgIpc) is 2.76. The largest absolute Gasteiger partial charge is 0.219 e. The van der Waals surface area contributed by atoms with Crippen LogP contribution < -0.4 is 0 Å². The highest BCUT2D eigenvalue weighted by Gasteiger charge is 2.16. The van der Waals surface area contributed by atoms with Gasteiger partial charge in [-0.2, -0.15) is 0 Å². The van der Waals surface area contributed by atoms with Crippen LogP contribution in [0.3, 0.4) is 0 Å². The Kier molecular flexibility index (Phi) is 8.56. The summed E-state index contributed by atoms with van der Waals surface area (Å²) in [5, 5.41) is 0. The first-order valence-corrected chi connectivity index (χ1v) is 11.8. The van der Waals surface area contributed by atoms with Crippen LogP contribution in [-0.4, -0.2) is 8.42 Å². The molecular formula is C29H32O2S. The summed E-state index contributed by atoms with van der Waals surface area (Å²) < 4.78 is 24.5. The third kappa shape index (κ3) is 6.41. The Morgan fingerprint density at radius 2 is 0.625 bits per heavy atom. The molecule has 0 bridgehead atoms. The molecule has 0 aromatic heterocycles. The van der Waals surface area contributed by atoms with Crippen LogP contribution in [0, 0.1) is 27.7 Å². The van der Waals surface area contributed by atoms with E-state index in [9.17, 15) is 8.42 Å². The van der Waals surface area contributed by atoms with Crippen LogP contribution in [0.25, 0.3) is 11.1 Å². The van der Waals surface area contributed by atoms with E-state index in [0.29, 0.717) is 9.79 Å². The summed E-state index contributed by atoms with van der Waals surface area (Å²) in [7, 11) is -3.37. The van der Waals surface area contributed by atoms with E-state index in [-0.39, 0.29) is 7.43 Å². The third-order valence-electron chi connectivity index (χ3n) is 5.10. The molecule has 0 N–H and O–H groups in total. The standard InChI is InChI=1S/C14H14O2S.C14H14.CH4/c1-11-3-7-13(8-4-11)17(15,16)14-9-5-12(2)6-10-14;1-11-3-7-13(8-4-11)14-9-5-12(2)6-10-14;/h3-10H,1-2H3;3-10H,1-2H3;1H4. The van der Waals surface area contributed by atoms with E-state index < -0.39 is 9.84 Å². The fourth-order valence-corrected chi connectivity index (χ4v) is 4.32. The van der Waals surface area contributed by atoms with Crippen molar-refractivity contribution in [2.45, 2.75) is 44.9 Å². The molecule has 32 heavy (non-hydrogen) atoms. The van der Waals surface area contributed by atoms with Gasteiger partial charge in [-0.15, -0.1) is 0 Å². The lowest BCUT2D eigenvalue weighted by molar-refractivity contribution is 0.596. The van der Waals surface area contributed by atoms with Crippen molar-refractivity contribution in [3.63, 3.8) is 0 Å². The summed E-state index contributed by atoms with van der Waals surface area (Å²) in [6.45, 7) is 8.09. The molecule has 2 nitrogen and oxygen atoms in total. The monoisotopic (exact) mass is 444 g/mol. The van der Waals surface area contributed by atoms with Crippen molar-refractivity contribution in [2.24, 2.45) is 0 Å². The molecule has 4 aromatic carbocycles. The highest BCUT2D eigenvalue weighted by atomic mass is 32.2. The molecule has 0 spiro atoms. The molecule has 0 atom stereocenters. The van der Waals surface area contributed by atoms with E-state index in [1.54, 1.807) is 48.5 Å². The van der Waals surface area contributed by atoms with Crippen LogP contribution in [0.5, 0.6) is 0 Å². The van der Waals surface area contributed by atoms with Crippen LogP contribution in [-0.2, 0) is 9.84 Å². The molecule has 4 aromatic rings. The molecule has 166 valence electrons. The minimum absolute atomic E-state index is 0. The Morgan fingerprint density at radius 1 is 0.406 bits per heavy atom. The third-order valence-corrected chi connectivity index (χ3v) is 6.88. The molecule has 0 aliphatic carbocycles. The van der Waals surface area contributed by atoms with Gasteiger partial charge in [-0.3, -0.25) is 0 Å². The van der Waals surface area contributed by atoms with Crippen molar-refractivity contribution in [1.82, 2.24) is 0 Å². The molecule has 0 aliphatic heterocycles. The second kappa shape index (κ2) is 10.9. The van der Waals surface area contributed by atoms with Gasteiger partial charge in [0.15, 0.2) is 0 Å². The molecule has 0 saturated carbocycles. The first kappa shape index (κ1) is 25.1. The van der Waals surface area contributed by atoms with Crippen molar-refractivity contribution in [1.29, 1.82) is 0 Å². The molecule has 0 fully saturated rings. The number of benzene rings is 4. The number of hydrogen-bond acceptors (Lipinski definition) is 2. The fourth-order valence-electron chi connectivity index (χ4n) is 3.06. The molecule has 0 radical (unpaired) electrons. The molecule has 0 saturated heterocycles. The zero-order valence-corrected chi connectivity index (χ0v) is 19.3. The number of rotatable bonds is 3. The molecule has 0 aliphatic rings. The van der Waals surface area contributed by atoms with Crippen molar-refractivity contribution >= 4 is 9.84 Å². The predicted molar refractivity (Wildman–Crippen MR) is 136 cm³/mol. The molecule has 0 amide bonds. The highest BCUT2D eigenvalue weighted by molar-refractivity contribution is 7.91. The van der Waals surface area contributed by atoms with Crippen LogP contribution >= 0.6 is 0 Å². The normalized spacial score (nSPS) is 10.5. The number of aryl methyl sites for hydroxylation is 4. The first-order valence-electron chi connectivity index (χ1n) is 10.3. The lowest BCUT2D eigenvalue weighted by Crippen LogP contribution is -2.01. The van der Waals surface area contributed by atoms with E-state index in [1.165, 1.54) is 22.3 Å². The summed E-state index contributed by atoms with van der Waals surface area (Å²) in [6.07, 6.45) is 0. The maximum absolute atomic E-state index is 12.3. The van der Waals surface area contributed by atoms with Gasteiger partial charge in [0.05, 0.1) is 9.79 Å². The Labute approximate surface area is 193 Å². The van der Waals surface area contributed by atoms with Crippen molar-refractivity contribution in [3.8, 4) is 11.1 Å². The number of sulfone groups is 1. The Morgan fingerprint density at radius 3 is 0.875 bits per heavy atom. The number of hydrogen-bond donors (Lipinski definition) is 0. The van der Waals surface area contributed by atoms with Crippen molar-refractivity contribution in [3.05, 3.63) is 119 Å². The van der Waals surface area contributed by atoms with Crippen molar-refractivity contribution < 1.29 is 8.42 Å². The van der Waals surface area contributed by atoms with Crippen molar-refractivity contribution in [2.75, 3.05) is 0 Å². The van der Waals surface area contributed by atoms with Gasteiger partial charge in [0.25, 0.3) is 0 Å². The summed E-state index contributed by atoms with van der Waals surface area (Å²) in [4.78, 5) is 0.680. The van der Waals surface area contributed by atoms with Crippen LogP contribution in [0.1, 0.15) is 29.7 Å². The first-order chi connectivity index (χ1) is 14.8. The summed E-state index contributed by atoms with van der Waals surface area (Å²) >= 11 is 0. The van der Waals surface area contributed by atoms with Crippen LogP contribution in [0.4, 0.5) is 0 Å². The van der Waals surface area contributed by atoms with Gasteiger partial charge in [0.2, 0.25) is 9.84 Å². The Bertz CT molecular complexity index is 1120. The molecule has 0 heterocycles. The summed E-state index contributed by atoms with van der Waals surface area (Å²) in [5.74, 6) is 0. The Hall–Kier alpha value is -3.17. The SMILES string of the molecule is C.Cc1ccc(-c2ccc(C)cc2)cc1.Cc1ccc(S(=O)(=O)c2ccc(C)cc2)cc1. The Balaban J connectivity index is 0.000000224. The van der Waals surface area contributed by atoms with E-state index in [0.717, 1.165) is 11.1 Å². The molecule has 0 unspecified atom stereocenters. The van der Waals surface area contributed by atoms with Gasteiger partial charge in [-0.25, -0.2) is 8.42 Å². The highest BCUT2D eigenvalue weighted by Crippen LogP contribution is 2.21. The second-order valence-electron chi connectivity index (χ2n) is 7.86. The predicted octanol–water partition coefficient (Wildman–Crippen LogP) is 7.74. The average molecular weight is 445 g/mol.